The van der Waals surface area contributed by atoms with Gasteiger partial charge in [-0.2, -0.15) is 0 Å². The minimum Gasteiger partial charge on any atom is -0.459 e. The lowest BCUT2D eigenvalue weighted by Crippen LogP contribution is -2.29. The average molecular weight is 503 g/mol. The van der Waals surface area contributed by atoms with E-state index in [4.69, 9.17) is 13.9 Å². The van der Waals surface area contributed by atoms with E-state index in [1.807, 2.05) is 24.3 Å². The summed E-state index contributed by atoms with van der Waals surface area (Å²) in [7, 11) is 0. The normalized spacial score (nSPS) is 10.9. The number of benzene rings is 3. The summed E-state index contributed by atoms with van der Waals surface area (Å²) in [6.07, 6.45) is 0. The minimum atomic E-state index is -0.583. The lowest BCUT2D eigenvalue weighted by Gasteiger charge is -2.17. The van der Waals surface area contributed by atoms with Crippen LogP contribution in [0.15, 0.2) is 77.2 Å². The van der Waals surface area contributed by atoms with Crippen molar-refractivity contribution in [2.24, 2.45) is 0 Å². The van der Waals surface area contributed by atoms with Crippen LogP contribution in [0.3, 0.4) is 0 Å². The zero-order valence-electron chi connectivity index (χ0n) is 21.2. The molecule has 1 aliphatic carbocycles. The van der Waals surface area contributed by atoms with Crippen molar-refractivity contribution >= 4 is 22.9 Å². The molecule has 0 spiro atoms. The Morgan fingerprint density at radius 3 is 2.41 bits per heavy atom. The van der Waals surface area contributed by atoms with Crippen LogP contribution >= 0.6 is 0 Å². The van der Waals surface area contributed by atoms with Crippen LogP contribution in [-0.4, -0.2) is 38.2 Å². The van der Waals surface area contributed by atoms with E-state index in [1.165, 1.54) is 12.1 Å². The fraction of sp³-hybridized carbons (Fsp3) is 0.233. The van der Waals surface area contributed by atoms with E-state index < -0.39 is 17.8 Å². The molecular weight excluding hydrogens is 473 g/mol. The van der Waals surface area contributed by atoms with E-state index >= 15 is 0 Å². The highest BCUT2D eigenvalue weighted by molar-refractivity contribution is 6.07. The molecule has 0 unspecified atom stereocenters. The number of ether oxygens (including phenoxy) is 2. The van der Waals surface area contributed by atoms with Crippen LogP contribution in [0.4, 0.5) is 4.39 Å². The molecule has 190 valence electrons. The standard InChI is InChI=1S/C30H29FNO5/c1-5-32(6-2)21-12-13-24-27(18-21)37-26-14-11-20(31)17-25(26)28(24)22-9-7-8-10-23(22)30(34)36-16-15-35-29(33)19(3)4/h7-14,17-18H,3,5-6,15-16H2,1-2,4H3/q+1. The monoisotopic (exact) mass is 502 g/mol. The highest BCUT2D eigenvalue weighted by Crippen LogP contribution is 2.41. The number of halogens is 1. The van der Waals surface area contributed by atoms with Crippen molar-refractivity contribution in [3.63, 3.8) is 0 Å². The van der Waals surface area contributed by atoms with Crippen molar-refractivity contribution in [3.05, 3.63) is 89.6 Å². The Balaban J connectivity index is 1.83. The smallest absolute Gasteiger partial charge is 0.338 e. The van der Waals surface area contributed by atoms with Crippen molar-refractivity contribution in [1.82, 2.24) is 4.58 Å². The Morgan fingerprint density at radius 2 is 1.68 bits per heavy atom. The van der Waals surface area contributed by atoms with Gasteiger partial charge in [-0.3, -0.25) is 0 Å². The lowest BCUT2D eigenvalue weighted by molar-refractivity contribution is -0.140. The Hall–Kier alpha value is -4.26. The topological polar surface area (TPSA) is 68.8 Å². The number of esters is 2. The maximum Gasteiger partial charge on any atom is 0.338 e. The van der Waals surface area contributed by atoms with E-state index in [0.717, 1.165) is 24.0 Å². The predicted octanol–water partition coefficient (Wildman–Crippen LogP) is 5.43. The molecule has 1 aliphatic heterocycles. The summed E-state index contributed by atoms with van der Waals surface area (Å²) in [5.74, 6) is -0.926. The highest BCUT2D eigenvalue weighted by atomic mass is 19.1. The predicted molar refractivity (Wildman–Crippen MR) is 141 cm³/mol. The van der Waals surface area contributed by atoms with Gasteiger partial charge in [-0.25, -0.2) is 18.6 Å². The maximum absolute atomic E-state index is 14.4. The first kappa shape index (κ1) is 25.8. The largest absolute Gasteiger partial charge is 0.459 e. The van der Waals surface area contributed by atoms with Crippen LogP contribution in [0, 0.1) is 5.82 Å². The van der Waals surface area contributed by atoms with Gasteiger partial charge in [0.15, 0.2) is 0 Å². The van der Waals surface area contributed by atoms with E-state index in [9.17, 15) is 14.0 Å². The van der Waals surface area contributed by atoms with Gasteiger partial charge in [-0.15, -0.1) is 0 Å². The fourth-order valence-electron chi connectivity index (χ4n) is 4.28. The fourth-order valence-corrected chi connectivity index (χ4v) is 4.28. The zero-order chi connectivity index (χ0) is 26.5. The van der Waals surface area contributed by atoms with E-state index in [2.05, 4.69) is 25.0 Å². The summed E-state index contributed by atoms with van der Waals surface area (Å²) in [5, 5.41) is 1.55. The maximum atomic E-state index is 14.4. The molecule has 0 radical (unpaired) electrons. The SMILES string of the molecule is C=C(C)C(=O)OCCOC(=O)c1ccccc1-c1c2ccc(=[N+](CC)CC)cc-2oc2ccc(F)cc12. The zero-order valence-corrected chi connectivity index (χ0v) is 21.2. The Bertz CT molecular complexity index is 1530. The Morgan fingerprint density at radius 1 is 0.946 bits per heavy atom. The van der Waals surface area contributed by atoms with Crippen molar-refractivity contribution in [3.8, 4) is 22.5 Å². The van der Waals surface area contributed by atoms with Gasteiger partial charge in [0.1, 0.15) is 43.5 Å². The molecule has 0 saturated carbocycles. The molecule has 4 rings (SSSR count). The van der Waals surface area contributed by atoms with Crippen LogP contribution < -0.4 is 9.93 Å². The highest BCUT2D eigenvalue weighted by Gasteiger charge is 2.23. The number of hydrogen-bond acceptors (Lipinski definition) is 5. The molecule has 2 aromatic rings. The molecule has 7 heteroatoms. The molecule has 37 heavy (non-hydrogen) atoms. The third kappa shape index (κ3) is 5.45. The second-order valence-corrected chi connectivity index (χ2v) is 8.57. The van der Waals surface area contributed by atoms with Crippen molar-refractivity contribution in [1.29, 1.82) is 0 Å². The summed E-state index contributed by atoms with van der Waals surface area (Å²) < 4.78 is 33.2. The Kier molecular flexibility index (Phi) is 7.82. The molecule has 0 saturated heterocycles. The number of rotatable bonds is 8. The van der Waals surface area contributed by atoms with Gasteiger partial charge < -0.3 is 13.9 Å². The first-order chi connectivity index (χ1) is 17.8. The van der Waals surface area contributed by atoms with Crippen LogP contribution in [-0.2, 0) is 14.3 Å². The van der Waals surface area contributed by atoms with Gasteiger partial charge >= 0.3 is 11.9 Å². The molecule has 2 aromatic carbocycles. The molecule has 0 bridgehead atoms. The second-order valence-electron chi connectivity index (χ2n) is 8.57. The lowest BCUT2D eigenvalue weighted by atomic mass is 9.91. The van der Waals surface area contributed by atoms with Crippen LogP contribution in [0.5, 0.6) is 0 Å². The van der Waals surface area contributed by atoms with E-state index in [0.29, 0.717) is 33.4 Å². The molecular formula is C30H29FNO5+. The molecule has 0 atom stereocenters. The summed E-state index contributed by atoms with van der Waals surface area (Å²) in [4.78, 5) is 24.7. The van der Waals surface area contributed by atoms with Crippen LogP contribution in [0.1, 0.15) is 31.1 Å². The van der Waals surface area contributed by atoms with Gasteiger partial charge in [0.05, 0.1) is 11.6 Å². The number of fused-ring (bicyclic) bond motifs is 2. The quantitative estimate of drug-likeness (QED) is 0.106. The molecule has 0 aromatic heterocycles. The van der Waals surface area contributed by atoms with Crippen LogP contribution in [0.25, 0.3) is 33.4 Å². The number of carbonyl (C=O) groups is 2. The molecule has 2 aliphatic rings. The summed E-state index contributed by atoms with van der Waals surface area (Å²) in [5.41, 5.74) is 3.06. The third-order valence-corrected chi connectivity index (χ3v) is 6.11. The molecule has 0 fully saturated rings. The van der Waals surface area contributed by atoms with Gasteiger partial charge in [0, 0.05) is 28.2 Å². The first-order valence-corrected chi connectivity index (χ1v) is 12.2. The summed E-state index contributed by atoms with van der Waals surface area (Å²) in [6.45, 7) is 10.7. The third-order valence-electron chi connectivity index (χ3n) is 6.11. The summed E-state index contributed by atoms with van der Waals surface area (Å²) >= 11 is 0. The minimum absolute atomic E-state index is 0.0883. The number of nitrogens with zero attached hydrogens (tertiary/aromatic N) is 1. The van der Waals surface area contributed by atoms with E-state index in [-0.39, 0.29) is 18.8 Å². The van der Waals surface area contributed by atoms with Crippen LogP contribution in [0.2, 0.25) is 0 Å². The number of hydrogen-bond donors (Lipinski definition) is 0. The molecule has 6 nitrogen and oxygen atoms in total. The average Bonchev–Trinajstić information content (AvgIpc) is 2.90. The van der Waals surface area contributed by atoms with Gasteiger partial charge in [0.25, 0.3) is 0 Å². The second kappa shape index (κ2) is 11.2. The van der Waals surface area contributed by atoms with Gasteiger partial charge in [-0.05, 0) is 56.7 Å². The Labute approximate surface area is 214 Å². The van der Waals surface area contributed by atoms with Crippen molar-refractivity contribution < 1.29 is 27.9 Å². The van der Waals surface area contributed by atoms with Crippen molar-refractivity contribution in [2.75, 3.05) is 26.3 Å². The molecule has 1 heterocycles. The first-order valence-electron chi connectivity index (χ1n) is 12.2. The van der Waals surface area contributed by atoms with Crippen molar-refractivity contribution in [2.45, 2.75) is 20.8 Å². The van der Waals surface area contributed by atoms with Gasteiger partial charge in [0.2, 0.25) is 5.36 Å². The molecule has 0 N–H and O–H groups in total. The van der Waals surface area contributed by atoms with Gasteiger partial charge in [-0.1, -0.05) is 24.8 Å². The number of carbonyl (C=O) groups excluding carboxylic acids is 2. The molecule has 0 amide bonds. The summed E-state index contributed by atoms with van der Waals surface area (Å²) in [6, 6.07) is 17.2. The van der Waals surface area contributed by atoms with E-state index in [1.54, 1.807) is 31.2 Å².